The molecule has 0 aliphatic heterocycles. The van der Waals surface area contributed by atoms with Gasteiger partial charge in [-0.25, -0.2) is 8.78 Å². The van der Waals surface area contributed by atoms with Crippen molar-refractivity contribution in [2.24, 2.45) is 11.8 Å². The maximum Gasteiger partial charge on any atom is 0.251 e. The second-order valence-corrected chi connectivity index (χ2v) is 13.0. The molecule has 51 heavy (non-hydrogen) atoms. The van der Waals surface area contributed by atoms with Crippen molar-refractivity contribution in [2.45, 2.75) is 73.7 Å². The van der Waals surface area contributed by atoms with Crippen LogP contribution in [0.15, 0.2) is 103 Å². The zero-order valence-electron chi connectivity index (χ0n) is 30.2. The molecule has 1 heterocycles. The Bertz CT molecular complexity index is 2150. The molecule has 1 N–H and O–H groups in total. The minimum atomic E-state index is -2.58. The minimum Gasteiger partial charge on any atom is -0.512 e. The van der Waals surface area contributed by atoms with Crippen LogP contribution in [0.5, 0.6) is 0 Å². The number of rotatable bonds is 10. The van der Waals surface area contributed by atoms with Crippen LogP contribution in [-0.2, 0) is 24.9 Å². The summed E-state index contributed by atoms with van der Waals surface area (Å²) >= 11 is 0. The molecule has 1 aromatic heterocycles. The van der Waals surface area contributed by atoms with Gasteiger partial charge in [-0.3, -0.25) is 9.78 Å². The number of allylic oxidation sites excluding steroid dienone is 2. The van der Waals surface area contributed by atoms with Gasteiger partial charge in [-0.15, -0.1) is 23.6 Å². The maximum atomic E-state index is 13.9. The molecule has 0 aliphatic carbocycles. The van der Waals surface area contributed by atoms with Crippen LogP contribution in [0.2, 0.25) is 0 Å². The third-order valence-corrected chi connectivity index (χ3v) is 9.91. The predicted octanol–water partition coefficient (Wildman–Crippen LogP) is 13.1. The molecule has 6 aromatic rings. The van der Waals surface area contributed by atoms with E-state index in [0.717, 1.165) is 47.2 Å². The molecule has 6 rings (SSSR count). The van der Waals surface area contributed by atoms with Crippen molar-refractivity contribution in [3.8, 4) is 22.4 Å². The number of benzene rings is 5. The van der Waals surface area contributed by atoms with Crippen molar-refractivity contribution >= 4 is 38.1 Å². The number of alkyl halides is 2. The Morgan fingerprint density at radius 3 is 2.06 bits per heavy atom. The fourth-order valence-electron chi connectivity index (χ4n) is 6.98. The zero-order chi connectivity index (χ0) is 35.9. The molecule has 0 saturated carbocycles. The summed E-state index contributed by atoms with van der Waals surface area (Å²) in [5, 5.41) is 15.2. The van der Waals surface area contributed by atoms with Crippen LogP contribution >= 0.6 is 0 Å². The van der Waals surface area contributed by atoms with Crippen LogP contribution in [0.4, 0.5) is 8.78 Å². The van der Waals surface area contributed by atoms with E-state index in [2.05, 4.69) is 67.4 Å². The summed E-state index contributed by atoms with van der Waals surface area (Å²) in [6, 6.07) is 31.0. The molecule has 5 aromatic carbocycles. The molecule has 0 unspecified atom stereocenters. The number of nitrogens with zero attached hydrogens (tertiary/aromatic N) is 1. The van der Waals surface area contributed by atoms with Crippen molar-refractivity contribution in [1.82, 2.24) is 4.98 Å². The summed E-state index contributed by atoms with van der Waals surface area (Å²) in [5.74, 6) is 0.547. The largest absolute Gasteiger partial charge is 0.512 e. The average molecular weight is 863 g/mol. The first-order valence-electron chi connectivity index (χ1n) is 17.7. The summed E-state index contributed by atoms with van der Waals surface area (Å²) in [5.41, 5.74) is 6.19. The number of fused-ring (bicyclic) bond motifs is 4. The Balaban J connectivity index is 0.000000312. The molecule has 1 radical (unpaired) electrons. The van der Waals surface area contributed by atoms with Crippen LogP contribution < -0.4 is 0 Å². The number of aliphatic hydroxyl groups excluding tert-OH is 1. The Labute approximate surface area is 314 Å². The Morgan fingerprint density at radius 1 is 0.765 bits per heavy atom. The zero-order valence-corrected chi connectivity index (χ0v) is 32.6. The van der Waals surface area contributed by atoms with Crippen LogP contribution in [-0.4, -0.2) is 15.9 Å². The summed E-state index contributed by atoms with van der Waals surface area (Å²) in [6.45, 7) is 12.3. The van der Waals surface area contributed by atoms with Gasteiger partial charge in [0.15, 0.2) is 5.78 Å². The minimum absolute atomic E-state index is 0. The molecule has 0 saturated heterocycles. The van der Waals surface area contributed by atoms with E-state index in [9.17, 15) is 18.7 Å². The SMILES string of the molecule is CCC(CC)C(=O)/C=C(\O)C(CC)CC.Cc1cccc(C)c1-c1ccc2c(ccc3c(-c4[c-]c5ccccc5c(C(F)F)c4)nccc32)c1.[Ir]. The molecule has 267 valence electrons. The smallest absolute Gasteiger partial charge is 0.251 e. The third kappa shape index (κ3) is 8.63. The number of hydrogen-bond acceptors (Lipinski definition) is 3. The first-order valence-corrected chi connectivity index (χ1v) is 17.7. The monoisotopic (exact) mass is 863 g/mol. The number of pyridine rings is 1. The van der Waals surface area contributed by atoms with Crippen molar-refractivity contribution in [3.63, 3.8) is 0 Å². The molecule has 0 amide bonds. The van der Waals surface area contributed by atoms with Gasteiger partial charge in [-0.05, 0) is 101 Å². The second-order valence-electron chi connectivity index (χ2n) is 13.0. The molecule has 0 aliphatic rings. The van der Waals surface area contributed by atoms with Gasteiger partial charge in [0, 0.05) is 49.9 Å². The number of carbonyl (C=O) groups is 1. The molecule has 3 nitrogen and oxygen atoms in total. The van der Waals surface area contributed by atoms with E-state index >= 15 is 0 Å². The van der Waals surface area contributed by atoms with Gasteiger partial charge >= 0.3 is 0 Å². The van der Waals surface area contributed by atoms with E-state index in [4.69, 9.17) is 0 Å². The number of aromatic nitrogens is 1. The Kier molecular flexibility index (Phi) is 13.8. The average Bonchev–Trinajstić information content (AvgIpc) is 3.12. The number of hydrogen-bond donors (Lipinski definition) is 1. The quantitative estimate of drug-likeness (QED) is 0.0646. The summed E-state index contributed by atoms with van der Waals surface area (Å²) in [7, 11) is 0. The summed E-state index contributed by atoms with van der Waals surface area (Å²) in [4.78, 5) is 16.3. The van der Waals surface area contributed by atoms with Gasteiger partial charge in [0.05, 0.1) is 5.76 Å². The number of aliphatic hydroxyl groups is 1. The van der Waals surface area contributed by atoms with Gasteiger partial charge in [-0.1, -0.05) is 99.3 Å². The first-order chi connectivity index (χ1) is 24.1. The molecule has 6 heteroatoms. The summed E-state index contributed by atoms with van der Waals surface area (Å²) in [6.07, 6.45) is 4.08. The fraction of sp³-hybridized carbons (Fsp3) is 0.289. The van der Waals surface area contributed by atoms with Crippen LogP contribution in [0, 0.1) is 31.7 Å². The van der Waals surface area contributed by atoms with Crippen LogP contribution in [0.1, 0.15) is 76.5 Å². The second kappa shape index (κ2) is 17.8. The van der Waals surface area contributed by atoms with Crippen LogP contribution in [0.3, 0.4) is 0 Å². The molecule has 0 bridgehead atoms. The molecule has 0 spiro atoms. The van der Waals surface area contributed by atoms with E-state index in [1.807, 2.05) is 52.0 Å². The molecule has 0 atom stereocenters. The van der Waals surface area contributed by atoms with Crippen molar-refractivity contribution in [3.05, 3.63) is 126 Å². The van der Waals surface area contributed by atoms with Crippen LogP contribution in [0.25, 0.3) is 54.7 Å². The first kappa shape index (κ1) is 39.5. The van der Waals surface area contributed by atoms with E-state index < -0.39 is 6.43 Å². The topological polar surface area (TPSA) is 50.2 Å². The van der Waals surface area contributed by atoms with E-state index in [0.29, 0.717) is 22.0 Å². The van der Waals surface area contributed by atoms with Crippen molar-refractivity contribution < 1.29 is 38.8 Å². The number of halogens is 2. The molecular weight excluding hydrogens is 817 g/mol. The van der Waals surface area contributed by atoms with E-state index in [1.54, 1.807) is 18.3 Å². The Morgan fingerprint density at radius 2 is 1.41 bits per heavy atom. The third-order valence-electron chi connectivity index (χ3n) is 9.91. The van der Waals surface area contributed by atoms with Gasteiger partial charge in [0.2, 0.25) is 0 Å². The maximum absolute atomic E-state index is 13.9. The fourth-order valence-corrected chi connectivity index (χ4v) is 6.98. The predicted molar refractivity (Wildman–Crippen MR) is 205 cm³/mol. The number of carbonyl (C=O) groups excluding carboxylic acids is 1. The van der Waals surface area contributed by atoms with Gasteiger partial charge in [0.25, 0.3) is 6.43 Å². The summed E-state index contributed by atoms with van der Waals surface area (Å²) < 4.78 is 27.8. The molecule has 0 fully saturated rings. The van der Waals surface area contributed by atoms with E-state index in [-0.39, 0.29) is 49.0 Å². The number of aryl methyl sites for hydroxylation is 2. The molecular formula is C45H46F2IrNO2-. The van der Waals surface area contributed by atoms with Gasteiger partial charge in [-0.2, -0.15) is 0 Å². The van der Waals surface area contributed by atoms with Crippen molar-refractivity contribution in [2.75, 3.05) is 0 Å². The van der Waals surface area contributed by atoms with Gasteiger partial charge < -0.3 is 5.11 Å². The van der Waals surface area contributed by atoms with E-state index in [1.165, 1.54) is 34.4 Å². The standard InChI is InChI=1S/C32H22F2N.C13H24O2.Ir/c1-19-6-5-7-20(2)30(19)23-11-12-26-22(16-23)10-13-28-27(26)14-15-35-31(28)24-17-21-8-3-4-9-25(21)29(18-24)32(33)34;1-5-10(6-2)12(14)9-13(15)11(7-3)8-4;/h3-16,18,32H,1-2H3;9-11,14H,5-8H2,1-4H3;/q-1;;/b;12-9-;. The normalized spacial score (nSPS) is 11.7. The van der Waals surface area contributed by atoms with Gasteiger partial charge in [0.1, 0.15) is 0 Å². The number of ketones is 1. The Hall–Kier alpha value is -4.25. The van der Waals surface area contributed by atoms with Crippen molar-refractivity contribution in [1.29, 1.82) is 0 Å².